The van der Waals surface area contributed by atoms with Crippen LogP contribution in [0.4, 0.5) is 0 Å². The van der Waals surface area contributed by atoms with Crippen molar-refractivity contribution in [1.29, 1.82) is 0 Å². The van der Waals surface area contributed by atoms with Crippen molar-refractivity contribution in [2.75, 3.05) is 6.54 Å². The lowest BCUT2D eigenvalue weighted by Crippen LogP contribution is -2.45. The number of carbonyl (C=O) groups is 1. The molecule has 1 aromatic rings. The van der Waals surface area contributed by atoms with Gasteiger partial charge in [-0.15, -0.1) is 0 Å². The van der Waals surface area contributed by atoms with Crippen LogP contribution in [0.2, 0.25) is 0 Å². The van der Waals surface area contributed by atoms with Gasteiger partial charge in [-0.3, -0.25) is 4.79 Å². The van der Waals surface area contributed by atoms with Crippen molar-refractivity contribution < 1.29 is 9.53 Å². The third kappa shape index (κ3) is 3.15. The van der Waals surface area contributed by atoms with Gasteiger partial charge in [-0.1, -0.05) is 49.4 Å². The van der Waals surface area contributed by atoms with E-state index in [9.17, 15) is 4.79 Å². The number of fused-ring (bicyclic) bond motifs is 2. The molecule has 0 radical (unpaired) electrons. The zero-order valence-electron chi connectivity index (χ0n) is 15.2. The summed E-state index contributed by atoms with van der Waals surface area (Å²) in [6.45, 7) is 8.26. The van der Waals surface area contributed by atoms with Crippen LogP contribution in [0.25, 0.3) is 0 Å². The molecule has 4 rings (SSSR count). The van der Waals surface area contributed by atoms with E-state index in [2.05, 4.69) is 31.0 Å². The Hall–Kier alpha value is -1.61. The molecule has 3 heteroatoms. The molecule has 0 aromatic heterocycles. The molecule has 0 amide bonds. The van der Waals surface area contributed by atoms with E-state index in [1.54, 1.807) is 0 Å². The standard InChI is InChI=1S/C22H29NO2/c1-15-7-6-10-22(2)12-20-17(11-19(15)22)18(21(24)25-20)14-23-13-16-8-4-3-5-9-16/h3-5,8-9,17-20,23H,1,6-7,10-14H2,2H3/t17-,18-,19+,20+,22+/m0/s1. The number of nitrogens with one attached hydrogen (secondary N) is 1. The fourth-order valence-corrected chi connectivity index (χ4v) is 5.46. The molecule has 0 unspecified atom stereocenters. The third-order valence-electron chi connectivity index (χ3n) is 6.86. The number of rotatable bonds is 4. The molecule has 1 heterocycles. The molecule has 5 atom stereocenters. The number of ether oxygens (including phenoxy) is 1. The minimum Gasteiger partial charge on any atom is -0.462 e. The van der Waals surface area contributed by atoms with Crippen LogP contribution >= 0.6 is 0 Å². The van der Waals surface area contributed by atoms with Gasteiger partial charge in [0.05, 0.1) is 5.92 Å². The third-order valence-corrected chi connectivity index (χ3v) is 6.86. The molecule has 1 aromatic carbocycles. The number of esters is 1. The maximum Gasteiger partial charge on any atom is 0.310 e. The minimum atomic E-state index is -0.00649. The number of carbonyl (C=O) groups excluding carboxylic acids is 1. The van der Waals surface area contributed by atoms with Crippen LogP contribution in [0, 0.1) is 23.2 Å². The Morgan fingerprint density at radius 2 is 2.12 bits per heavy atom. The molecule has 3 aliphatic rings. The molecule has 25 heavy (non-hydrogen) atoms. The molecule has 2 saturated carbocycles. The van der Waals surface area contributed by atoms with E-state index in [0.717, 1.165) is 25.8 Å². The van der Waals surface area contributed by atoms with Crippen LogP contribution in [-0.2, 0) is 16.1 Å². The highest BCUT2D eigenvalue weighted by Gasteiger charge is 2.54. The van der Waals surface area contributed by atoms with Gasteiger partial charge in [0.2, 0.25) is 0 Å². The highest BCUT2D eigenvalue weighted by Crippen LogP contribution is 2.56. The second-order valence-electron chi connectivity index (χ2n) is 8.52. The van der Waals surface area contributed by atoms with Crippen LogP contribution in [0.3, 0.4) is 0 Å². The summed E-state index contributed by atoms with van der Waals surface area (Å²) in [5.41, 5.74) is 2.94. The topological polar surface area (TPSA) is 38.3 Å². The first-order valence-electron chi connectivity index (χ1n) is 9.70. The Kier molecular flexibility index (Phi) is 4.45. The van der Waals surface area contributed by atoms with Crippen molar-refractivity contribution in [2.45, 2.75) is 51.7 Å². The summed E-state index contributed by atoms with van der Waals surface area (Å²) in [7, 11) is 0. The summed E-state index contributed by atoms with van der Waals surface area (Å²) in [4.78, 5) is 12.5. The quantitative estimate of drug-likeness (QED) is 0.663. The fourth-order valence-electron chi connectivity index (χ4n) is 5.46. The van der Waals surface area contributed by atoms with Crippen molar-refractivity contribution in [3.63, 3.8) is 0 Å². The minimum absolute atomic E-state index is 0.00317. The van der Waals surface area contributed by atoms with E-state index in [-0.39, 0.29) is 23.4 Å². The summed E-state index contributed by atoms with van der Waals surface area (Å²) < 4.78 is 5.82. The van der Waals surface area contributed by atoms with Gasteiger partial charge in [0, 0.05) is 19.0 Å². The van der Waals surface area contributed by atoms with Crippen molar-refractivity contribution in [3.8, 4) is 0 Å². The number of benzene rings is 1. The first kappa shape index (κ1) is 16.8. The molecule has 1 aliphatic heterocycles. The zero-order chi connectivity index (χ0) is 17.4. The molecule has 1 N–H and O–H groups in total. The second kappa shape index (κ2) is 6.60. The molecule has 0 bridgehead atoms. The fraction of sp³-hybridized carbons (Fsp3) is 0.591. The molecule has 0 spiro atoms. The number of allylic oxidation sites excluding steroid dienone is 1. The average Bonchev–Trinajstić information content (AvgIpc) is 2.88. The Labute approximate surface area is 150 Å². The van der Waals surface area contributed by atoms with E-state index in [1.807, 2.05) is 18.2 Å². The van der Waals surface area contributed by atoms with E-state index in [1.165, 1.54) is 24.0 Å². The maximum atomic E-state index is 12.5. The number of hydrogen-bond acceptors (Lipinski definition) is 3. The monoisotopic (exact) mass is 339 g/mol. The van der Waals surface area contributed by atoms with Crippen molar-refractivity contribution in [3.05, 3.63) is 48.0 Å². The normalized spacial score (nSPS) is 37.3. The van der Waals surface area contributed by atoms with E-state index in [0.29, 0.717) is 18.4 Å². The molecule has 1 saturated heterocycles. The Morgan fingerprint density at radius 3 is 2.92 bits per heavy atom. The van der Waals surface area contributed by atoms with Crippen LogP contribution in [-0.4, -0.2) is 18.6 Å². The van der Waals surface area contributed by atoms with Gasteiger partial charge >= 0.3 is 5.97 Å². The lowest BCUT2D eigenvalue weighted by Gasteiger charge is -2.50. The van der Waals surface area contributed by atoms with Gasteiger partial charge in [0.1, 0.15) is 6.10 Å². The largest absolute Gasteiger partial charge is 0.462 e. The molecule has 2 aliphatic carbocycles. The van der Waals surface area contributed by atoms with Gasteiger partial charge in [0.25, 0.3) is 0 Å². The van der Waals surface area contributed by atoms with Gasteiger partial charge in [-0.25, -0.2) is 0 Å². The van der Waals surface area contributed by atoms with Crippen molar-refractivity contribution >= 4 is 5.97 Å². The average molecular weight is 339 g/mol. The number of hydrogen-bond donors (Lipinski definition) is 1. The zero-order valence-corrected chi connectivity index (χ0v) is 15.2. The maximum absolute atomic E-state index is 12.5. The van der Waals surface area contributed by atoms with Crippen LogP contribution < -0.4 is 5.32 Å². The first-order valence-corrected chi connectivity index (χ1v) is 9.70. The molecular weight excluding hydrogens is 310 g/mol. The SMILES string of the molecule is C=C1CCC[C@]2(C)C[C@H]3OC(=O)[C@@H](CNCc4ccccc4)[C@@H]3C[C@H]12. The lowest BCUT2D eigenvalue weighted by atomic mass is 9.55. The summed E-state index contributed by atoms with van der Waals surface area (Å²) in [6.07, 6.45) is 5.84. The Bertz CT molecular complexity index is 655. The summed E-state index contributed by atoms with van der Waals surface area (Å²) in [5, 5.41) is 3.48. The van der Waals surface area contributed by atoms with Crippen LogP contribution in [0.15, 0.2) is 42.5 Å². The predicted octanol–water partition coefficient (Wildman–Crippen LogP) is 4.09. The molecule has 134 valence electrons. The molecular formula is C22H29NO2. The van der Waals surface area contributed by atoms with Crippen LogP contribution in [0.5, 0.6) is 0 Å². The Balaban J connectivity index is 1.42. The predicted molar refractivity (Wildman–Crippen MR) is 98.8 cm³/mol. The summed E-state index contributed by atoms with van der Waals surface area (Å²) >= 11 is 0. The first-order chi connectivity index (χ1) is 12.1. The van der Waals surface area contributed by atoms with E-state index in [4.69, 9.17) is 4.74 Å². The van der Waals surface area contributed by atoms with Gasteiger partial charge in [-0.2, -0.15) is 0 Å². The van der Waals surface area contributed by atoms with Crippen molar-refractivity contribution in [2.24, 2.45) is 23.2 Å². The van der Waals surface area contributed by atoms with Gasteiger partial charge in [0.15, 0.2) is 0 Å². The van der Waals surface area contributed by atoms with E-state index >= 15 is 0 Å². The summed E-state index contributed by atoms with van der Waals surface area (Å²) in [6, 6.07) is 10.3. The van der Waals surface area contributed by atoms with Gasteiger partial charge in [-0.05, 0) is 49.0 Å². The molecule has 3 fully saturated rings. The highest BCUT2D eigenvalue weighted by molar-refractivity contribution is 5.75. The lowest BCUT2D eigenvalue weighted by molar-refractivity contribution is -0.146. The summed E-state index contributed by atoms with van der Waals surface area (Å²) in [5.74, 6) is 0.911. The smallest absolute Gasteiger partial charge is 0.310 e. The second-order valence-corrected chi connectivity index (χ2v) is 8.52. The Morgan fingerprint density at radius 1 is 1.32 bits per heavy atom. The van der Waals surface area contributed by atoms with Gasteiger partial charge < -0.3 is 10.1 Å². The van der Waals surface area contributed by atoms with E-state index < -0.39 is 0 Å². The van der Waals surface area contributed by atoms with Crippen LogP contribution in [0.1, 0.15) is 44.6 Å². The highest BCUT2D eigenvalue weighted by atomic mass is 16.6. The molecule has 3 nitrogen and oxygen atoms in total. The van der Waals surface area contributed by atoms with Crippen molar-refractivity contribution in [1.82, 2.24) is 5.32 Å².